The van der Waals surface area contributed by atoms with Gasteiger partial charge in [-0.25, -0.2) is 0 Å². The Bertz CT molecular complexity index is 751. The van der Waals surface area contributed by atoms with Crippen LogP contribution in [0.4, 0.5) is 0 Å². The largest absolute Gasteiger partial charge is 0.496 e. The van der Waals surface area contributed by atoms with Gasteiger partial charge in [-0.2, -0.15) is 0 Å². The molecule has 2 aromatic rings. The monoisotopic (exact) mass is 352 g/mol. The Morgan fingerprint density at radius 3 is 2.50 bits per heavy atom. The first-order valence-electron chi connectivity index (χ1n) is 9.24. The van der Waals surface area contributed by atoms with E-state index in [1.807, 2.05) is 36.4 Å². The van der Waals surface area contributed by atoms with Gasteiger partial charge in [0.15, 0.2) is 0 Å². The molecule has 2 bridgehead atoms. The van der Waals surface area contributed by atoms with Crippen LogP contribution in [0, 0.1) is 0 Å². The molecule has 2 aliphatic rings. The van der Waals surface area contributed by atoms with E-state index < -0.39 is 0 Å². The number of hydrogen-bond acceptors (Lipinski definition) is 4. The molecule has 3 heterocycles. The first-order chi connectivity index (χ1) is 12.7. The maximum absolute atomic E-state index is 13.0. The van der Waals surface area contributed by atoms with Crippen LogP contribution in [0.15, 0.2) is 48.8 Å². The molecule has 2 saturated heterocycles. The van der Waals surface area contributed by atoms with Crippen LogP contribution < -0.4 is 9.47 Å². The van der Waals surface area contributed by atoms with Gasteiger partial charge in [0.25, 0.3) is 0 Å². The number of pyridine rings is 1. The third kappa shape index (κ3) is 3.39. The topological polar surface area (TPSA) is 51.7 Å². The van der Waals surface area contributed by atoms with E-state index in [9.17, 15) is 4.79 Å². The van der Waals surface area contributed by atoms with Gasteiger partial charge in [-0.15, -0.1) is 0 Å². The minimum absolute atomic E-state index is 0.171. The highest BCUT2D eigenvalue weighted by molar-refractivity contribution is 5.80. The van der Waals surface area contributed by atoms with E-state index in [2.05, 4.69) is 9.88 Å². The molecule has 4 rings (SSSR count). The second kappa shape index (κ2) is 7.36. The Labute approximate surface area is 153 Å². The molecule has 1 amide bonds. The maximum Gasteiger partial charge on any atom is 0.227 e. The van der Waals surface area contributed by atoms with Crippen LogP contribution in [-0.2, 0) is 11.2 Å². The lowest BCUT2D eigenvalue weighted by Gasteiger charge is -2.39. The first-order valence-corrected chi connectivity index (χ1v) is 9.24. The fourth-order valence-corrected chi connectivity index (χ4v) is 4.34. The van der Waals surface area contributed by atoms with E-state index >= 15 is 0 Å². The number of methoxy groups -OCH3 is 1. The van der Waals surface area contributed by atoms with Crippen LogP contribution in [0.1, 0.15) is 31.2 Å². The van der Waals surface area contributed by atoms with Crippen LogP contribution in [0.3, 0.4) is 0 Å². The van der Waals surface area contributed by atoms with E-state index in [-0.39, 0.29) is 24.1 Å². The Kier molecular flexibility index (Phi) is 4.78. The summed E-state index contributed by atoms with van der Waals surface area (Å²) < 4.78 is 11.5. The lowest BCUT2D eigenvalue weighted by Crippen LogP contribution is -2.49. The summed E-state index contributed by atoms with van der Waals surface area (Å²) in [6, 6.07) is 12.1. The van der Waals surface area contributed by atoms with Gasteiger partial charge in [0.2, 0.25) is 5.91 Å². The molecule has 1 aromatic carbocycles. The van der Waals surface area contributed by atoms with Crippen LogP contribution in [0.2, 0.25) is 0 Å². The highest BCUT2D eigenvalue weighted by atomic mass is 16.5. The molecule has 2 fully saturated rings. The predicted octanol–water partition coefficient (Wildman–Crippen LogP) is 3.23. The zero-order chi connectivity index (χ0) is 17.9. The van der Waals surface area contributed by atoms with Gasteiger partial charge in [0.1, 0.15) is 17.6 Å². The van der Waals surface area contributed by atoms with Gasteiger partial charge in [0.05, 0.1) is 13.5 Å². The number of benzene rings is 1. The summed E-state index contributed by atoms with van der Waals surface area (Å²) in [4.78, 5) is 19.1. The van der Waals surface area contributed by atoms with E-state index in [4.69, 9.17) is 9.47 Å². The molecule has 5 heteroatoms. The quantitative estimate of drug-likeness (QED) is 0.829. The fraction of sp³-hybridized carbons (Fsp3) is 0.429. The first kappa shape index (κ1) is 16.9. The number of rotatable bonds is 5. The number of carbonyl (C=O) groups excluding carboxylic acids is 1. The molecule has 0 saturated carbocycles. The second-order valence-electron chi connectivity index (χ2n) is 7.07. The molecular formula is C21H24N2O3. The molecule has 0 spiro atoms. The summed E-state index contributed by atoms with van der Waals surface area (Å²) in [6.07, 6.45) is 7.99. The molecule has 5 nitrogen and oxygen atoms in total. The average Bonchev–Trinajstić information content (AvgIpc) is 2.94. The van der Waals surface area contributed by atoms with Crippen molar-refractivity contribution in [3.63, 3.8) is 0 Å². The Morgan fingerprint density at radius 1 is 1.12 bits per heavy atom. The molecule has 26 heavy (non-hydrogen) atoms. The molecule has 0 aliphatic carbocycles. The lowest BCUT2D eigenvalue weighted by molar-refractivity contribution is -0.136. The van der Waals surface area contributed by atoms with Crippen LogP contribution in [0.5, 0.6) is 11.5 Å². The predicted molar refractivity (Wildman–Crippen MR) is 98.2 cm³/mol. The lowest BCUT2D eigenvalue weighted by atomic mass is 9.98. The number of amides is 1. The number of fused-ring (bicyclic) bond motifs is 2. The van der Waals surface area contributed by atoms with Crippen LogP contribution in [0.25, 0.3) is 0 Å². The highest BCUT2D eigenvalue weighted by Crippen LogP contribution is 2.38. The fourth-order valence-electron chi connectivity index (χ4n) is 4.34. The molecular weight excluding hydrogens is 328 g/mol. The van der Waals surface area contributed by atoms with E-state index in [0.717, 1.165) is 42.7 Å². The number of para-hydroxylation sites is 1. The molecule has 136 valence electrons. The summed E-state index contributed by atoms with van der Waals surface area (Å²) in [5.41, 5.74) is 0.953. The summed E-state index contributed by atoms with van der Waals surface area (Å²) in [5.74, 6) is 1.84. The molecule has 0 radical (unpaired) electrons. The van der Waals surface area contributed by atoms with Gasteiger partial charge in [-0.1, -0.05) is 18.2 Å². The summed E-state index contributed by atoms with van der Waals surface area (Å²) in [5, 5.41) is 0. The molecule has 2 unspecified atom stereocenters. The van der Waals surface area contributed by atoms with Crippen LogP contribution in [-0.4, -0.2) is 41.1 Å². The third-order valence-corrected chi connectivity index (χ3v) is 5.46. The summed E-state index contributed by atoms with van der Waals surface area (Å²) in [6.45, 7) is 0. The van der Waals surface area contributed by atoms with Crippen LogP contribution >= 0.6 is 0 Å². The normalized spacial score (nSPS) is 24.3. The Hall–Kier alpha value is -2.56. The molecule has 0 N–H and O–H groups in total. The van der Waals surface area contributed by atoms with Crippen molar-refractivity contribution in [3.8, 4) is 11.5 Å². The molecule has 2 aliphatic heterocycles. The van der Waals surface area contributed by atoms with Crippen molar-refractivity contribution in [1.82, 2.24) is 9.88 Å². The number of nitrogens with zero attached hydrogens (tertiary/aromatic N) is 2. The number of piperidine rings is 1. The smallest absolute Gasteiger partial charge is 0.227 e. The maximum atomic E-state index is 13.0. The summed E-state index contributed by atoms with van der Waals surface area (Å²) >= 11 is 0. The number of carbonyl (C=O) groups is 1. The molecule has 1 aromatic heterocycles. The zero-order valence-electron chi connectivity index (χ0n) is 15.0. The Balaban J connectivity index is 1.42. The number of aromatic nitrogens is 1. The van der Waals surface area contributed by atoms with Crippen molar-refractivity contribution in [2.75, 3.05) is 7.11 Å². The Morgan fingerprint density at radius 2 is 1.81 bits per heavy atom. The standard InChI is InChI=1S/C21H24N2O3/c1-25-20-5-3-2-4-15(20)12-21(24)23-16-6-7-17(23)14-19(13-16)26-18-8-10-22-11-9-18/h2-5,8-11,16-17,19H,6-7,12-14H2,1H3. The van der Waals surface area contributed by atoms with Crippen molar-refractivity contribution in [2.24, 2.45) is 0 Å². The van der Waals surface area contributed by atoms with Gasteiger partial charge in [0, 0.05) is 42.9 Å². The SMILES string of the molecule is COc1ccccc1CC(=O)N1C2CCC1CC(Oc1ccncc1)C2. The highest BCUT2D eigenvalue weighted by Gasteiger charge is 2.43. The number of ether oxygens (including phenoxy) is 2. The van der Waals surface area contributed by atoms with E-state index in [1.165, 1.54) is 0 Å². The number of hydrogen-bond donors (Lipinski definition) is 0. The van der Waals surface area contributed by atoms with Crippen molar-refractivity contribution in [3.05, 3.63) is 54.4 Å². The van der Waals surface area contributed by atoms with Crippen molar-refractivity contribution in [1.29, 1.82) is 0 Å². The van der Waals surface area contributed by atoms with Gasteiger partial charge >= 0.3 is 0 Å². The second-order valence-corrected chi connectivity index (χ2v) is 7.07. The average molecular weight is 352 g/mol. The van der Waals surface area contributed by atoms with Gasteiger partial charge in [-0.3, -0.25) is 9.78 Å². The van der Waals surface area contributed by atoms with Crippen molar-refractivity contribution in [2.45, 2.75) is 50.3 Å². The third-order valence-electron chi connectivity index (χ3n) is 5.46. The van der Waals surface area contributed by atoms with Gasteiger partial charge in [-0.05, 0) is 31.0 Å². The van der Waals surface area contributed by atoms with Gasteiger partial charge < -0.3 is 14.4 Å². The van der Waals surface area contributed by atoms with Crippen molar-refractivity contribution >= 4 is 5.91 Å². The van der Waals surface area contributed by atoms with E-state index in [1.54, 1.807) is 19.5 Å². The molecule has 2 atom stereocenters. The minimum Gasteiger partial charge on any atom is -0.496 e. The minimum atomic E-state index is 0.171. The van der Waals surface area contributed by atoms with E-state index in [0.29, 0.717) is 6.42 Å². The summed E-state index contributed by atoms with van der Waals surface area (Å²) in [7, 11) is 1.65. The zero-order valence-corrected chi connectivity index (χ0v) is 15.0. The van der Waals surface area contributed by atoms with Crippen molar-refractivity contribution < 1.29 is 14.3 Å².